The minimum atomic E-state index is 1.22. The number of aryl methyl sites for hydroxylation is 2. The van der Waals surface area contributed by atoms with Crippen molar-refractivity contribution in [3.05, 3.63) is 18.2 Å². The molecule has 0 bridgehead atoms. The highest BCUT2D eigenvalue weighted by molar-refractivity contribution is 4.84. The third kappa shape index (κ3) is 16.5. The molecule has 0 atom stereocenters. The van der Waals surface area contributed by atoms with Gasteiger partial charge in [-0.2, -0.15) is 0 Å². The van der Waals surface area contributed by atoms with Crippen LogP contribution in [-0.2, 0) is 19.5 Å². The molecule has 0 saturated heterocycles. The minimum absolute atomic E-state index is 1.22. The van der Waals surface area contributed by atoms with Crippen LogP contribution in [0.1, 0.15) is 168 Å². The lowest BCUT2D eigenvalue weighted by atomic mass is 10.1. The van der Waals surface area contributed by atoms with Crippen molar-refractivity contribution in [1.82, 2.24) is 4.57 Å². The molecule has 0 N–H and O–H groups in total. The van der Waals surface area contributed by atoms with Crippen molar-refractivity contribution in [2.24, 2.45) is 0 Å². The summed E-state index contributed by atoms with van der Waals surface area (Å²) >= 11 is 0. The Morgan fingerprint density at radius 3 is 1.45 bits per heavy atom. The molecule has 0 aromatic carbocycles. The van der Waals surface area contributed by atoms with E-state index in [1.54, 1.807) is 5.82 Å². The van der Waals surface area contributed by atoms with Crippen LogP contribution in [0, 0.1) is 0 Å². The maximum Gasteiger partial charge on any atom is 0.256 e. The smallest absolute Gasteiger partial charge is 0.234 e. The topological polar surface area (TPSA) is 8.81 Å². The van der Waals surface area contributed by atoms with E-state index in [0.29, 0.717) is 0 Å². The number of imidazole rings is 1. The van der Waals surface area contributed by atoms with Crippen LogP contribution in [0.25, 0.3) is 0 Å². The lowest BCUT2D eigenvalue weighted by Gasteiger charge is -2.07. The molecule has 1 heterocycles. The molecule has 0 saturated carbocycles. The van der Waals surface area contributed by atoms with Crippen molar-refractivity contribution in [2.45, 2.75) is 182 Å². The van der Waals surface area contributed by atoms with Gasteiger partial charge in [0.1, 0.15) is 12.4 Å². The number of aromatic nitrogens is 2. The van der Waals surface area contributed by atoms with Crippen LogP contribution in [0.5, 0.6) is 0 Å². The Morgan fingerprint density at radius 1 is 0.515 bits per heavy atom. The third-order valence-electron chi connectivity index (χ3n) is 7.35. The molecule has 0 unspecified atom stereocenters. The number of hydrogen-bond acceptors (Lipinski definition) is 0. The molecular weight excluding hydrogens is 400 g/mol. The number of nitrogens with zero attached hydrogens (tertiary/aromatic N) is 2. The Balaban J connectivity index is 2.36. The average Bonchev–Trinajstić information content (AvgIpc) is 3.21. The Kier molecular flexibility index (Phi) is 21.1. The maximum atomic E-state index is 2.61. The molecule has 0 aliphatic heterocycles. The Hall–Kier alpha value is -0.790. The Labute approximate surface area is 208 Å². The highest BCUT2D eigenvalue weighted by Crippen LogP contribution is 2.13. The molecule has 2 nitrogen and oxygen atoms in total. The van der Waals surface area contributed by atoms with Crippen molar-refractivity contribution in [1.29, 1.82) is 0 Å². The summed E-state index contributed by atoms with van der Waals surface area (Å²) in [6.07, 6.45) is 37.0. The summed E-state index contributed by atoms with van der Waals surface area (Å²) in [7, 11) is 0. The van der Waals surface area contributed by atoms with Crippen LogP contribution in [0.4, 0.5) is 0 Å². The van der Waals surface area contributed by atoms with Gasteiger partial charge in [0.25, 0.3) is 5.82 Å². The minimum Gasteiger partial charge on any atom is -0.234 e. The third-order valence-corrected chi connectivity index (χ3v) is 7.35. The van der Waals surface area contributed by atoms with Crippen molar-refractivity contribution in [2.75, 3.05) is 0 Å². The average molecular weight is 462 g/mol. The first kappa shape index (κ1) is 30.2. The number of rotatable bonds is 25. The SMILES string of the molecule is CCCCCCCCCCCn1cc[n+](CCCCCCC)c1CCCCCCCCCC. The predicted octanol–water partition coefficient (Wildman–Crippen LogP) is 9.96. The predicted molar refractivity (Wildman–Crippen MR) is 147 cm³/mol. The first-order valence-corrected chi connectivity index (χ1v) is 15.4. The van der Waals surface area contributed by atoms with Crippen LogP contribution in [0.15, 0.2) is 12.4 Å². The molecule has 1 rings (SSSR count). The lowest BCUT2D eigenvalue weighted by Crippen LogP contribution is -2.37. The van der Waals surface area contributed by atoms with E-state index in [9.17, 15) is 0 Å². The fraction of sp³-hybridized carbons (Fsp3) is 0.903. The Morgan fingerprint density at radius 2 is 0.939 bits per heavy atom. The van der Waals surface area contributed by atoms with E-state index in [-0.39, 0.29) is 0 Å². The molecule has 0 fully saturated rings. The summed E-state index contributed by atoms with van der Waals surface area (Å²) in [5.41, 5.74) is 0. The van der Waals surface area contributed by atoms with E-state index in [4.69, 9.17) is 0 Å². The van der Waals surface area contributed by atoms with E-state index in [0.717, 1.165) is 0 Å². The Bertz CT molecular complexity index is 519. The largest absolute Gasteiger partial charge is 0.256 e. The monoisotopic (exact) mass is 461 g/mol. The van der Waals surface area contributed by atoms with Crippen molar-refractivity contribution >= 4 is 0 Å². The molecule has 2 heteroatoms. The fourth-order valence-electron chi connectivity index (χ4n) is 5.09. The van der Waals surface area contributed by atoms with E-state index in [2.05, 4.69) is 42.3 Å². The standard InChI is InChI=1S/C31H61N2/c1-4-7-10-13-15-17-19-22-25-28-33-30-29-32(27-24-21-12-9-6-3)31(33)26-23-20-18-16-14-11-8-5-2/h29-30H,4-28H2,1-3H3/q+1. The van der Waals surface area contributed by atoms with Gasteiger partial charge in [0, 0.05) is 6.42 Å². The molecule has 0 radical (unpaired) electrons. The molecule has 194 valence electrons. The van der Waals surface area contributed by atoms with Gasteiger partial charge >= 0.3 is 0 Å². The maximum absolute atomic E-state index is 2.61. The number of hydrogen-bond donors (Lipinski definition) is 0. The molecular formula is C31H61N2+. The summed E-state index contributed by atoms with van der Waals surface area (Å²) in [6.45, 7) is 9.37. The highest BCUT2D eigenvalue weighted by Gasteiger charge is 2.16. The number of unbranched alkanes of at least 4 members (excludes halogenated alkanes) is 19. The van der Waals surface area contributed by atoms with E-state index < -0.39 is 0 Å². The van der Waals surface area contributed by atoms with Gasteiger partial charge in [0.05, 0.1) is 13.1 Å². The lowest BCUT2D eigenvalue weighted by molar-refractivity contribution is -0.704. The first-order chi connectivity index (χ1) is 16.3. The molecule has 0 amide bonds. The summed E-state index contributed by atoms with van der Waals surface area (Å²) in [5, 5.41) is 0. The van der Waals surface area contributed by atoms with Crippen LogP contribution in [0.3, 0.4) is 0 Å². The van der Waals surface area contributed by atoms with Crippen molar-refractivity contribution in [3.63, 3.8) is 0 Å². The molecule has 0 aliphatic carbocycles. The van der Waals surface area contributed by atoms with Crippen LogP contribution < -0.4 is 4.57 Å². The second-order valence-corrected chi connectivity index (χ2v) is 10.6. The van der Waals surface area contributed by atoms with Gasteiger partial charge in [-0.05, 0) is 32.1 Å². The zero-order valence-electron chi connectivity index (χ0n) is 23.2. The van der Waals surface area contributed by atoms with E-state index in [1.807, 2.05) is 0 Å². The van der Waals surface area contributed by atoms with Gasteiger partial charge < -0.3 is 0 Å². The van der Waals surface area contributed by atoms with E-state index >= 15 is 0 Å². The summed E-state index contributed by atoms with van der Waals surface area (Å²) in [6, 6.07) is 0. The summed E-state index contributed by atoms with van der Waals surface area (Å²) in [4.78, 5) is 0. The molecule has 1 aromatic rings. The van der Waals surface area contributed by atoms with Gasteiger partial charge in [-0.1, -0.05) is 130 Å². The zero-order valence-corrected chi connectivity index (χ0v) is 23.2. The second-order valence-electron chi connectivity index (χ2n) is 10.6. The van der Waals surface area contributed by atoms with Crippen molar-refractivity contribution in [3.8, 4) is 0 Å². The van der Waals surface area contributed by atoms with Gasteiger partial charge in [-0.15, -0.1) is 0 Å². The van der Waals surface area contributed by atoms with Gasteiger partial charge in [0.2, 0.25) is 0 Å². The molecule has 0 spiro atoms. The molecule has 1 aromatic heterocycles. The van der Waals surface area contributed by atoms with Crippen molar-refractivity contribution < 1.29 is 4.57 Å². The fourth-order valence-corrected chi connectivity index (χ4v) is 5.09. The molecule has 33 heavy (non-hydrogen) atoms. The van der Waals surface area contributed by atoms with Crippen LogP contribution in [0.2, 0.25) is 0 Å². The second kappa shape index (κ2) is 23.0. The summed E-state index contributed by atoms with van der Waals surface area (Å²) < 4.78 is 5.20. The van der Waals surface area contributed by atoms with Gasteiger partial charge in [0.15, 0.2) is 0 Å². The molecule has 0 aliphatic rings. The zero-order chi connectivity index (χ0) is 23.8. The van der Waals surface area contributed by atoms with Crippen LogP contribution >= 0.6 is 0 Å². The quantitative estimate of drug-likeness (QED) is 0.101. The van der Waals surface area contributed by atoms with Crippen LogP contribution in [-0.4, -0.2) is 4.57 Å². The van der Waals surface area contributed by atoms with Gasteiger partial charge in [-0.25, -0.2) is 9.13 Å². The van der Waals surface area contributed by atoms with Gasteiger partial charge in [-0.3, -0.25) is 0 Å². The van der Waals surface area contributed by atoms with E-state index in [1.165, 1.54) is 161 Å². The normalized spacial score (nSPS) is 11.5. The summed E-state index contributed by atoms with van der Waals surface area (Å²) in [5.74, 6) is 1.61. The highest BCUT2D eigenvalue weighted by atomic mass is 15.1. The first-order valence-electron chi connectivity index (χ1n) is 15.4.